The number of nitrogen functional groups attached to an aromatic ring is 1. The minimum Gasteiger partial charge on any atom is -0.398 e. The Morgan fingerprint density at radius 3 is 2.65 bits per heavy atom. The molecule has 0 aromatic heterocycles. The zero-order valence-electron chi connectivity index (χ0n) is 9.94. The van der Waals surface area contributed by atoms with Gasteiger partial charge in [0, 0.05) is 27.8 Å². The van der Waals surface area contributed by atoms with Crippen molar-refractivity contribution in [3.05, 3.63) is 29.3 Å². The summed E-state index contributed by atoms with van der Waals surface area (Å²) in [4.78, 5) is 10.9. The van der Waals surface area contributed by atoms with Gasteiger partial charge in [-0.25, -0.2) is 0 Å². The van der Waals surface area contributed by atoms with E-state index in [2.05, 4.69) is 6.92 Å². The lowest BCUT2D eigenvalue weighted by Crippen LogP contribution is -2.12. The predicted molar refractivity (Wildman–Crippen MR) is 71.0 cm³/mol. The highest BCUT2D eigenvalue weighted by Gasteiger charge is 2.07. The number of anilines is 1. The fourth-order valence-corrected chi connectivity index (χ4v) is 2.80. The van der Waals surface area contributed by atoms with Crippen LogP contribution in [0.25, 0.3) is 0 Å². The van der Waals surface area contributed by atoms with E-state index in [1.165, 1.54) is 6.07 Å². The average Bonchev–Trinajstić information content (AvgIpc) is 2.28. The maximum atomic E-state index is 11.7. The molecule has 4 nitrogen and oxygen atoms in total. The maximum absolute atomic E-state index is 11.7. The van der Waals surface area contributed by atoms with Crippen LogP contribution in [0.3, 0.4) is 0 Å². The van der Waals surface area contributed by atoms with Crippen molar-refractivity contribution in [2.75, 3.05) is 11.5 Å². The molecule has 0 fully saturated rings. The average molecular weight is 254 g/mol. The summed E-state index contributed by atoms with van der Waals surface area (Å²) in [6.45, 7) is 2.06. The number of primary amides is 1. The molecule has 0 radical (unpaired) electrons. The van der Waals surface area contributed by atoms with Gasteiger partial charge in [0.15, 0.2) is 0 Å². The van der Waals surface area contributed by atoms with Crippen molar-refractivity contribution < 1.29 is 9.00 Å². The van der Waals surface area contributed by atoms with Crippen LogP contribution in [0.4, 0.5) is 5.69 Å². The van der Waals surface area contributed by atoms with Crippen LogP contribution in [0.2, 0.25) is 0 Å². The highest BCUT2D eigenvalue weighted by molar-refractivity contribution is 7.84. The number of nitrogens with two attached hydrogens (primary N) is 2. The molecule has 17 heavy (non-hydrogen) atoms. The summed E-state index contributed by atoms with van der Waals surface area (Å²) in [6, 6.07) is 4.87. The number of unbranched alkanes of at least 4 members (excludes halogenated alkanes) is 1. The molecule has 0 aliphatic rings. The van der Waals surface area contributed by atoms with Gasteiger partial charge in [0.2, 0.25) is 5.91 Å². The highest BCUT2D eigenvalue weighted by Crippen LogP contribution is 2.16. The van der Waals surface area contributed by atoms with Crippen LogP contribution in [0.1, 0.15) is 35.7 Å². The SMILES string of the molecule is CCCCS(=O)Cc1ccc(C(N)=O)cc1N. The third kappa shape index (κ3) is 4.19. The molecule has 0 saturated carbocycles. The van der Waals surface area contributed by atoms with Gasteiger partial charge in [-0.05, 0) is 24.1 Å². The van der Waals surface area contributed by atoms with E-state index in [-0.39, 0.29) is 0 Å². The molecule has 4 N–H and O–H groups in total. The van der Waals surface area contributed by atoms with Gasteiger partial charge in [0.05, 0.1) is 5.75 Å². The smallest absolute Gasteiger partial charge is 0.248 e. The summed E-state index contributed by atoms with van der Waals surface area (Å²) >= 11 is 0. The molecular formula is C12H18N2O2S. The number of carbonyl (C=O) groups excluding carboxylic acids is 1. The minimum atomic E-state index is -0.895. The maximum Gasteiger partial charge on any atom is 0.248 e. The molecule has 1 aromatic rings. The summed E-state index contributed by atoms with van der Waals surface area (Å²) in [6.07, 6.45) is 1.98. The Balaban J connectivity index is 2.72. The standard InChI is InChI=1S/C12H18N2O2S/c1-2-3-6-17(16)8-10-5-4-9(12(14)15)7-11(10)13/h4-5,7H,2-3,6,8,13H2,1H3,(H2,14,15). The second-order valence-electron chi connectivity index (χ2n) is 3.92. The van der Waals surface area contributed by atoms with E-state index in [1.54, 1.807) is 12.1 Å². The number of benzene rings is 1. The number of hydrogen-bond acceptors (Lipinski definition) is 3. The molecule has 1 aromatic carbocycles. The zero-order valence-corrected chi connectivity index (χ0v) is 10.8. The fourth-order valence-electron chi connectivity index (χ4n) is 1.43. The van der Waals surface area contributed by atoms with Crippen LogP contribution in [0.5, 0.6) is 0 Å². The molecule has 0 spiro atoms. The molecule has 0 aliphatic heterocycles. The second kappa shape index (κ2) is 6.39. The Morgan fingerprint density at radius 2 is 2.12 bits per heavy atom. The lowest BCUT2D eigenvalue weighted by atomic mass is 10.1. The zero-order chi connectivity index (χ0) is 12.8. The van der Waals surface area contributed by atoms with Gasteiger partial charge in [-0.15, -0.1) is 0 Å². The number of rotatable bonds is 6. The first-order chi connectivity index (χ1) is 8.04. The summed E-state index contributed by atoms with van der Waals surface area (Å²) in [5.74, 6) is 0.619. The van der Waals surface area contributed by atoms with E-state index in [1.807, 2.05) is 0 Å². The summed E-state index contributed by atoms with van der Waals surface area (Å²) in [5, 5.41) is 0. The Kier molecular flexibility index (Phi) is 5.15. The lowest BCUT2D eigenvalue weighted by Gasteiger charge is -2.06. The molecule has 1 rings (SSSR count). The van der Waals surface area contributed by atoms with Gasteiger partial charge in [-0.2, -0.15) is 0 Å². The van der Waals surface area contributed by atoms with Gasteiger partial charge in [0.1, 0.15) is 0 Å². The number of amides is 1. The van der Waals surface area contributed by atoms with Crippen molar-refractivity contribution in [3.8, 4) is 0 Å². The van der Waals surface area contributed by atoms with E-state index < -0.39 is 16.7 Å². The molecule has 94 valence electrons. The first-order valence-corrected chi connectivity index (χ1v) is 7.06. The van der Waals surface area contributed by atoms with Gasteiger partial charge in [-0.1, -0.05) is 19.4 Å². The van der Waals surface area contributed by atoms with Crippen molar-refractivity contribution in [1.29, 1.82) is 0 Å². The molecule has 0 saturated heterocycles. The van der Waals surface area contributed by atoms with Crippen molar-refractivity contribution >= 4 is 22.4 Å². The molecule has 0 heterocycles. The second-order valence-corrected chi connectivity index (χ2v) is 5.50. The van der Waals surface area contributed by atoms with Crippen LogP contribution < -0.4 is 11.5 Å². The largest absolute Gasteiger partial charge is 0.398 e. The molecule has 0 aliphatic carbocycles. The van der Waals surface area contributed by atoms with Crippen molar-refractivity contribution in [2.24, 2.45) is 5.73 Å². The van der Waals surface area contributed by atoms with Crippen molar-refractivity contribution in [2.45, 2.75) is 25.5 Å². The topological polar surface area (TPSA) is 86.2 Å². The highest BCUT2D eigenvalue weighted by atomic mass is 32.2. The molecular weight excluding hydrogens is 236 g/mol. The van der Waals surface area contributed by atoms with Crippen LogP contribution in [0.15, 0.2) is 18.2 Å². The van der Waals surface area contributed by atoms with Crippen LogP contribution in [0, 0.1) is 0 Å². The normalized spacial score (nSPS) is 12.3. The van der Waals surface area contributed by atoms with Gasteiger partial charge in [-0.3, -0.25) is 9.00 Å². The fraction of sp³-hybridized carbons (Fsp3) is 0.417. The van der Waals surface area contributed by atoms with Gasteiger partial charge in [0.25, 0.3) is 0 Å². The van der Waals surface area contributed by atoms with E-state index in [0.29, 0.717) is 22.8 Å². The first kappa shape index (κ1) is 13.7. The first-order valence-electron chi connectivity index (χ1n) is 5.57. The predicted octanol–water partition coefficient (Wildman–Crippen LogP) is 1.42. The summed E-state index contributed by atoms with van der Waals surface area (Å²) in [5.41, 5.74) is 12.6. The van der Waals surface area contributed by atoms with Gasteiger partial charge < -0.3 is 11.5 Å². The molecule has 5 heteroatoms. The van der Waals surface area contributed by atoms with Crippen LogP contribution in [-0.2, 0) is 16.6 Å². The Labute approximate surface area is 104 Å². The molecule has 1 atom stereocenters. The molecule has 0 bridgehead atoms. The number of carbonyl (C=O) groups is 1. The quantitative estimate of drug-likeness (QED) is 0.753. The van der Waals surface area contributed by atoms with Crippen molar-refractivity contribution in [1.82, 2.24) is 0 Å². The van der Waals surface area contributed by atoms with E-state index in [4.69, 9.17) is 11.5 Å². The van der Waals surface area contributed by atoms with E-state index in [9.17, 15) is 9.00 Å². The third-order valence-corrected chi connectivity index (χ3v) is 3.85. The van der Waals surface area contributed by atoms with Crippen LogP contribution in [-0.4, -0.2) is 15.9 Å². The number of hydrogen-bond donors (Lipinski definition) is 2. The lowest BCUT2D eigenvalue weighted by molar-refractivity contribution is 0.100. The monoisotopic (exact) mass is 254 g/mol. The Morgan fingerprint density at radius 1 is 1.41 bits per heavy atom. The van der Waals surface area contributed by atoms with Gasteiger partial charge >= 0.3 is 0 Å². The van der Waals surface area contributed by atoms with E-state index >= 15 is 0 Å². The van der Waals surface area contributed by atoms with Crippen molar-refractivity contribution in [3.63, 3.8) is 0 Å². The van der Waals surface area contributed by atoms with E-state index in [0.717, 1.165) is 18.4 Å². The third-order valence-electron chi connectivity index (χ3n) is 2.47. The van der Waals surface area contributed by atoms with Crippen LogP contribution >= 0.6 is 0 Å². The Hall–Kier alpha value is -1.36. The molecule has 1 unspecified atom stereocenters. The summed E-state index contributed by atoms with van der Waals surface area (Å²) < 4.78 is 11.7. The Bertz CT molecular complexity index is 433. The molecule has 1 amide bonds. The minimum absolute atomic E-state index is 0.380. The summed E-state index contributed by atoms with van der Waals surface area (Å²) in [7, 11) is -0.895.